The average molecular weight is 568 g/mol. The Kier molecular flexibility index (Phi) is 10.6. The number of rotatable bonds is 11. The molecule has 0 unspecified atom stereocenters. The van der Waals surface area contributed by atoms with Gasteiger partial charge in [0.2, 0.25) is 11.8 Å². The summed E-state index contributed by atoms with van der Waals surface area (Å²) in [5, 5.41) is 3.11. The third kappa shape index (κ3) is 9.47. The summed E-state index contributed by atoms with van der Waals surface area (Å²) < 4.78 is 0.949. The molecule has 0 saturated heterocycles. The number of carbonyl (C=O) groups excluding carboxylic acids is 2. The third-order valence-corrected chi connectivity index (χ3v) is 7.11. The molecular formula is C30H35BrN2O2S. The molecule has 3 aromatic carbocycles. The minimum Gasteiger partial charge on any atom is -0.350 e. The summed E-state index contributed by atoms with van der Waals surface area (Å²) in [5.41, 5.74) is 2.85. The monoisotopic (exact) mass is 566 g/mol. The first kappa shape index (κ1) is 28.0. The Morgan fingerprint density at radius 3 is 2.11 bits per heavy atom. The van der Waals surface area contributed by atoms with Crippen molar-refractivity contribution >= 4 is 39.5 Å². The maximum absolute atomic E-state index is 13.7. The second-order valence-corrected chi connectivity index (χ2v) is 11.9. The van der Waals surface area contributed by atoms with Gasteiger partial charge in [-0.3, -0.25) is 9.59 Å². The number of thioether (sulfide) groups is 1. The quantitative estimate of drug-likeness (QED) is 0.265. The molecule has 3 aromatic rings. The van der Waals surface area contributed by atoms with Gasteiger partial charge in [-0.25, -0.2) is 0 Å². The Hall–Kier alpha value is -2.57. The summed E-state index contributed by atoms with van der Waals surface area (Å²) in [4.78, 5) is 29.0. The van der Waals surface area contributed by atoms with E-state index in [4.69, 9.17) is 0 Å². The molecule has 36 heavy (non-hydrogen) atoms. The first-order valence-electron chi connectivity index (χ1n) is 12.2. The lowest BCUT2D eigenvalue weighted by atomic mass is 10.0. The van der Waals surface area contributed by atoms with E-state index in [2.05, 4.69) is 33.4 Å². The highest BCUT2D eigenvalue weighted by atomic mass is 79.9. The number of hydrogen-bond donors (Lipinski definition) is 1. The van der Waals surface area contributed by atoms with Crippen LogP contribution in [0.15, 0.2) is 89.4 Å². The molecule has 0 bridgehead atoms. The summed E-state index contributed by atoms with van der Waals surface area (Å²) >= 11 is 5.28. The minimum absolute atomic E-state index is 0.0134. The molecule has 0 aliphatic rings. The number of hydrogen-bond acceptors (Lipinski definition) is 3. The van der Waals surface area contributed by atoms with Crippen molar-refractivity contribution in [1.82, 2.24) is 10.2 Å². The zero-order valence-electron chi connectivity index (χ0n) is 21.2. The minimum atomic E-state index is -0.614. The Morgan fingerprint density at radius 2 is 1.50 bits per heavy atom. The van der Waals surface area contributed by atoms with Crippen LogP contribution in [-0.2, 0) is 28.3 Å². The summed E-state index contributed by atoms with van der Waals surface area (Å²) in [6, 6.07) is 27.5. The predicted octanol–water partition coefficient (Wildman–Crippen LogP) is 6.63. The first-order chi connectivity index (χ1) is 17.2. The van der Waals surface area contributed by atoms with Crippen LogP contribution in [0.2, 0.25) is 0 Å². The first-order valence-corrected chi connectivity index (χ1v) is 14.2. The number of halogens is 1. The molecule has 0 spiro atoms. The number of amides is 2. The van der Waals surface area contributed by atoms with Crippen LogP contribution >= 0.6 is 27.7 Å². The molecule has 0 saturated carbocycles. The van der Waals surface area contributed by atoms with Crippen molar-refractivity contribution in [2.75, 3.05) is 5.75 Å². The zero-order chi connectivity index (χ0) is 26.0. The number of carbonyl (C=O) groups is 2. The van der Waals surface area contributed by atoms with Crippen molar-refractivity contribution in [2.24, 2.45) is 0 Å². The Morgan fingerprint density at radius 1 is 0.889 bits per heavy atom. The molecule has 4 nitrogen and oxygen atoms in total. The molecule has 0 aliphatic heterocycles. The van der Waals surface area contributed by atoms with E-state index >= 15 is 0 Å². The van der Waals surface area contributed by atoms with Crippen molar-refractivity contribution in [3.63, 3.8) is 0 Å². The van der Waals surface area contributed by atoms with Gasteiger partial charge in [-0.1, -0.05) is 88.7 Å². The smallest absolute Gasteiger partial charge is 0.243 e. The molecule has 1 N–H and O–H groups in total. The van der Waals surface area contributed by atoms with Crippen molar-refractivity contribution in [3.8, 4) is 0 Å². The van der Waals surface area contributed by atoms with Gasteiger partial charge in [-0.15, -0.1) is 0 Å². The van der Waals surface area contributed by atoms with E-state index in [1.807, 2.05) is 93.6 Å². The van der Waals surface area contributed by atoms with Gasteiger partial charge in [-0.2, -0.15) is 11.8 Å². The van der Waals surface area contributed by atoms with E-state index in [-0.39, 0.29) is 11.8 Å². The van der Waals surface area contributed by atoms with E-state index in [1.54, 1.807) is 16.7 Å². The molecule has 1 atom stereocenters. The fourth-order valence-electron chi connectivity index (χ4n) is 3.91. The van der Waals surface area contributed by atoms with Crippen LogP contribution in [0.3, 0.4) is 0 Å². The van der Waals surface area contributed by atoms with Crippen molar-refractivity contribution in [1.29, 1.82) is 0 Å². The van der Waals surface area contributed by atoms with Gasteiger partial charge >= 0.3 is 0 Å². The van der Waals surface area contributed by atoms with Crippen LogP contribution in [0.4, 0.5) is 0 Å². The zero-order valence-corrected chi connectivity index (χ0v) is 23.6. The van der Waals surface area contributed by atoms with E-state index in [0.717, 1.165) is 21.4 Å². The fourth-order valence-corrected chi connectivity index (χ4v) is 5.24. The highest BCUT2D eigenvalue weighted by Gasteiger charge is 2.32. The van der Waals surface area contributed by atoms with E-state index < -0.39 is 11.6 Å². The lowest BCUT2D eigenvalue weighted by molar-refractivity contribution is -0.141. The van der Waals surface area contributed by atoms with E-state index in [1.165, 1.54) is 5.56 Å². The van der Waals surface area contributed by atoms with Crippen LogP contribution in [0.1, 0.15) is 43.9 Å². The molecule has 6 heteroatoms. The molecule has 0 aromatic heterocycles. The van der Waals surface area contributed by atoms with Crippen LogP contribution in [0, 0.1) is 0 Å². The molecule has 3 rings (SSSR count). The normalized spacial score (nSPS) is 12.1. The number of benzene rings is 3. The van der Waals surface area contributed by atoms with Crippen LogP contribution in [-0.4, -0.2) is 34.0 Å². The summed E-state index contributed by atoms with van der Waals surface area (Å²) in [7, 11) is 0. The third-order valence-electron chi connectivity index (χ3n) is 5.58. The van der Waals surface area contributed by atoms with Gasteiger partial charge in [0.15, 0.2) is 0 Å². The van der Waals surface area contributed by atoms with E-state index in [0.29, 0.717) is 25.1 Å². The SMILES string of the molecule is CC(C)(C)NC(=O)[C@H](Cc1ccccc1)N(Cc1cccc(Br)c1)C(=O)CCSCc1ccccc1. The molecule has 0 aliphatic carbocycles. The van der Waals surface area contributed by atoms with Crippen LogP contribution in [0.5, 0.6) is 0 Å². The fraction of sp³-hybridized carbons (Fsp3) is 0.333. The van der Waals surface area contributed by atoms with Gasteiger partial charge in [0, 0.05) is 40.9 Å². The maximum Gasteiger partial charge on any atom is 0.243 e. The standard InChI is InChI=1S/C30H35BrN2O2S/c1-30(2,3)32-29(35)27(20-23-11-6-4-7-12-23)33(21-25-15-10-16-26(31)19-25)28(34)17-18-36-22-24-13-8-5-9-14-24/h4-16,19,27H,17-18,20-22H2,1-3H3,(H,32,35)/t27-/m0/s1. The van der Waals surface area contributed by atoms with Gasteiger partial charge in [0.05, 0.1) is 0 Å². The second kappa shape index (κ2) is 13.7. The summed E-state index contributed by atoms with van der Waals surface area (Å²) in [6.45, 7) is 6.26. The van der Waals surface area contributed by atoms with Gasteiger partial charge in [-0.05, 0) is 49.6 Å². The van der Waals surface area contributed by atoms with E-state index in [9.17, 15) is 9.59 Å². The largest absolute Gasteiger partial charge is 0.350 e. The van der Waals surface area contributed by atoms with Crippen molar-refractivity contribution < 1.29 is 9.59 Å². The summed E-state index contributed by atoms with van der Waals surface area (Å²) in [5.74, 6) is 1.41. The van der Waals surface area contributed by atoms with Crippen molar-refractivity contribution in [3.05, 3.63) is 106 Å². The molecular weight excluding hydrogens is 532 g/mol. The maximum atomic E-state index is 13.7. The topological polar surface area (TPSA) is 49.4 Å². The molecule has 2 amide bonds. The predicted molar refractivity (Wildman–Crippen MR) is 154 cm³/mol. The molecule has 0 fully saturated rings. The highest BCUT2D eigenvalue weighted by molar-refractivity contribution is 9.10. The van der Waals surface area contributed by atoms with Gasteiger partial charge in [0.25, 0.3) is 0 Å². The average Bonchev–Trinajstić information content (AvgIpc) is 2.84. The Balaban J connectivity index is 1.82. The lowest BCUT2D eigenvalue weighted by Crippen LogP contribution is -2.54. The second-order valence-electron chi connectivity index (χ2n) is 9.88. The molecule has 190 valence electrons. The Labute approximate surface area is 228 Å². The highest BCUT2D eigenvalue weighted by Crippen LogP contribution is 2.20. The lowest BCUT2D eigenvalue weighted by Gasteiger charge is -2.34. The number of nitrogens with zero attached hydrogens (tertiary/aromatic N) is 1. The Bertz CT molecular complexity index is 1120. The molecule has 0 heterocycles. The van der Waals surface area contributed by atoms with Gasteiger partial charge in [0.1, 0.15) is 6.04 Å². The number of nitrogens with one attached hydrogen (secondary N) is 1. The van der Waals surface area contributed by atoms with Crippen LogP contribution in [0.25, 0.3) is 0 Å². The van der Waals surface area contributed by atoms with Gasteiger partial charge < -0.3 is 10.2 Å². The summed E-state index contributed by atoms with van der Waals surface area (Å²) in [6.07, 6.45) is 0.833. The molecule has 0 radical (unpaired) electrons. The van der Waals surface area contributed by atoms with Crippen molar-refractivity contribution in [2.45, 2.75) is 57.5 Å². The van der Waals surface area contributed by atoms with Crippen LogP contribution < -0.4 is 5.32 Å².